The zero-order valence-electron chi connectivity index (χ0n) is 9.30. The normalized spacial score (nSPS) is 11.4. The highest BCUT2D eigenvalue weighted by atomic mass is 32.2. The molecule has 1 aromatic heterocycles. The third-order valence-corrected chi connectivity index (χ3v) is 2.97. The van der Waals surface area contributed by atoms with E-state index in [2.05, 4.69) is 10.3 Å². The fourth-order valence-electron chi connectivity index (χ4n) is 1.17. The van der Waals surface area contributed by atoms with Crippen molar-refractivity contribution in [3.05, 3.63) is 22.7 Å². The molecule has 0 amide bonds. The fourth-order valence-corrected chi connectivity index (χ4v) is 1.65. The number of hydrogen-bond donors (Lipinski definition) is 1. The Morgan fingerprint density at radius 2 is 2.19 bits per heavy atom. The van der Waals surface area contributed by atoms with E-state index < -0.39 is 9.84 Å². The number of sulfone groups is 1. The van der Waals surface area contributed by atoms with E-state index in [1.807, 2.05) is 6.92 Å². The summed E-state index contributed by atoms with van der Waals surface area (Å²) in [7, 11) is -3.02. The third-order valence-electron chi connectivity index (χ3n) is 2.02. The van der Waals surface area contributed by atoms with Crippen molar-refractivity contribution in [2.45, 2.75) is 13.5 Å². The Morgan fingerprint density at radius 1 is 1.50 bits per heavy atom. The molecule has 0 atom stereocenters. The molecule has 0 unspecified atom stereocenters. The maximum atomic E-state index is 11.6. The van der Waals surface area contributed by atoms with E-state index in [-0.39, 0.29) is 23.7 Å². The lowest BCUT2D eigenvalue weighted by Crippen LogP contribution is -2.25. The molecule has 0 radical (unpaired) electrons. The summed E-state index contributed by atoms with van der Waals surface area (Å²) in [5.74, 6) is 0.169. The van der Waals surface area contributed by atoms with E-state index in [9.17, 15) is 13.2 Å². The molecule has 90 valence electrons. The van der Waals surface area contributed by atoms with Crippen molar-refractivity contribution < 1.29 is 8.42 Å². The van der Waals surface area contributed by atoms with Gasteiger partial charge in [-0.05, 0) is 6.92 Å². The second-order valence-corrected chi connectivity index (χ2v) is 5.68. The van der Waals surface area contributed by atoms with E-state index >= 15 is 0 Å². The van der Waals surface area contributed by atoms with Crippen LogP contribution in [0.3, 0.4) is 0 Å². The Bertz CT molecular complexity index is 507. The van der Waals surface area contributed by atoms with E-state index in [1.165, 1.54) is 10.8 Å². The Kier molecular flexibility index (Phi) is 4.05. The van der Waals surface area contributed by atoms with Crippen LogP contribution in [-0.2, 0) is 16.4 Å². The third kappa shape index (κ3) is 3.65. The van der Waals surface area contributed by atoms with Crippen molar-refractivity contribution in [1.29, 1.82) is 0 Å². The SMILES string of the molecule is CCn1ccnc(NCCS(C)(=O)=O)c1=O. The molecule has 0 saturated heterocycles. The number of anilines is 1. The minimum Gasteiger partial charge on any atom is -0.364 e. The first-order valence-corrected chi connectivity index (χ1v) is 6.97. The minimum absolute atomic E-state index is 0.0187. The lowest BCUT2D eigenvalue weighted by molar-refractivity contribution is 0.602. The highest BCUT2D eigenvalue weighted by Gasteiger charge is 2.05. The van der Waals surface area contributed by atoms with Crippen molar-refractivity contribution in [2.75, 3.05) is 23.9 Å². The maximum absolute atomic E-state index is 11.6. The average molecular weight is 245 g/mol. The van der Waals surface area contributed by atoms with Crippen LogP contribution in [0.4, 0.5) is 5.82 Å². The Balaban J connectivity index is 2.72. The Hall–Kier alpha value is -1.37. The summed E-state index contributed by atoms with van der Waals surface area (Å²) >= 11 is 0. The summed E-state index contributed by atoms with van der Waals surface area (Å²) in [6.45, 7) is 2.60. The smallest absolute Gasteiger partial charge is 0.293 e. The fraction of sp³-hybridized carbons (Fsp3) is 0.556. The first-order valence-electron chi connectivity index (χ1n) is 4.91. The molecule has 1 aromatic rings. The highest BCUT2D eigenvalue weighted by molar-refractivity contribution is 7.90. The summed E-state index contributed by atoms with van der Waals surface area (Å²) in [5, 5.41) is 2.72. The van der Waals surface area contributed by atoms with Gasteiger partial charge >= 0.3 is 0 Å². The Morgan fingerprint density at radius 3 is 2.75 bits per heavy atom. The average Bonchev–Trinajstić information content (AvgIpc) is 2.19. The molecule has 0 aliphatic heterocycles. The van der Waals surface area contributed by atoms with Crippen LogP contribution >= 0.6 is 0 Å². The van der Waals surface area contributed by atoms with Crippen LogP contribution in [-0.4, -0.2) is 36.5 Å². The second-order valence-electron chi connectivity index (χ2n) is 3.42. The van der Waals surface area contributed by atoms with Crippen molar-refractivity contribution >= 4 is 15.7 Å². The summed E-state index contributed by atoms with van der Waals surface area (Å²) < 4.78 is 23.3. The molecule has 0 saturated carbocycles. The summed E-state index contributed by atoms with van der Waals surface area (Å²) in [6.07, 6.45) is 4.25. The molecule has 0 aliphatic carbocycles. The number of rotatable bonds is 5. The van der Waals surface area contributed by atoms with Crippen LogP contribution < -0.4 is 10.9 Å². The van der Waals surface area contributed by atoms with Gasteiger partial charge in [-0.2, -0.15) is 0 Å². The second kappa shape index (κ2) is 5.11. The van der Waals surface area contributed by atoms with Crippen LogP contribution in [0.25, 0.3) is 0 Å². The number of nitrogens with one attached hydrogen (secondary N) is 1. The molecule has 0 fully saturated rings. The van der Waals surface area contributed by atoms with E-state index in [0.29, 0.717) is 6.54 Å². The standard InChI is InChI=1S/C9H15N3O3S/c1-3-12-6-4-10-8(9(12)13)11-5-7-16(2,14)15/h4,6H,3,5,7H2,1-2H3,(H,10,11). The van der Waals surface area contributed by atoms with Gasteiger partial charge in [0, 0.05) is 31.7 Å². The summed E-state index contributed by atoms with van der Waals surface area (Å²) in [5.41, 5.74) is -0.237. The van der Waals surface area contributed by atoms with E-state index in [0.717, 1.165) is 6.26 Å². The van der Waals surface area contributed by atoms with Gasteiger partial charge in [0.2, 0.25) is 0 Å². The number of nitrogens with zero attached hydrogens (tertiary/aromatic N) is 2. The molecular formula is C9H15N3O3S. The maximum Gasteiger partial charge on any atom is 0.293 e. The zero-order valence-corrected chi connectivity index (χ0v) is 10.1. The van der Waals surface area contributed by atoms with Crippen LogP contribution in [0.1, 0.15) is 6.92 Å². The molecule has 0 bridgehead atoms. The monoisotopic (exact) mass is 245 g/mol. The van der Waals surface area contributed by atoms with E-state index in [1.54, 1.807) is 6.20 Å². The largest absolute Gasteiger partial charge is 0.364 e. The van der Waals surface area contributed by atoms with Crippen LogP contribution in [0.5, 0.6) is 0 Å². The van der Waals surface area contributed by atoms with Gasteiger partial charge in [-0.25, -0.2) is 13.4 Å². The predicted octanol–water partition coefficient (Wildman–Crippen LogP) is -0.280. The van der Waals surface area contributed by atoms with Crippen molar-refractivity contribution in [3.63, 3.8) is 0 Å². The molecule has 1 heterocycles. The van der Waals surface area contributed by atoms with Crippen LogP contribution in [0.2, 0.25) is 0 Å². The number of hydrogen-bond acceptors (Lipinski definition) is 5. The van der Waals surface area contributed by atoms with Crippen molar-refractivity contribution in [1.82, 2.24) is 9.55 Å². The number of aromatic nitrogens is 2. The molecule has 6 nitrogen and oxygen atoms in total. The first-order chi connectivity index (χ1) is 7.44. The van der Waals surface area contributed by atoms with Gasteiger partial charge in [0.15, 0.2) is 5.82 Å². The van der Waals surface area contributed by atoms with Crippen molar-refractivity contribution in [3.8, 4) is 0 Å². The molecule has 0 spiro atoms. The molecular weight excluding hydrogens is 230 g/mol. The summed E-state index contributed by atoms with van der Waals surface area (Å²) in [6, 6.07) is 0. The van der Waals surface area contributed by atoms with Gasteiger partial charge < -0.3 is 9.88 Å². The van der Waals surface area contributed by atoms with Gasteiger partial charge in [-0.15, -0.1) is 0 Å². The molecule has 0 aliphatic rings. The van der Waals surface area contributed by atoms with Crippen LogP contribution in [0.15, 0.2) is 17.2 Å². The molecule has 0 aromatic carbocycles. The van der Waals surface area contributed by atoms with Gasteiger partial charge in [-0.1, -0.05) is 0 Å². The van der Waals surface area contributed by atoms with Gasteiger partial charge in [-0.3, -0.25) is 4.79 Å². The number of aryl methyl sites for hydroxylation is 1. The quantitative estimate of drug-likeness (QED) is 0.771. The molecule has 1 N–H and O–H groups in total. The van der Waals surface area contributed by atoms with Crippen molar-refractivity contribution in [2.24, 2.45) is 0 Å². The van der Waals surface area contributed by atoms with Gasteiger partial charge in [0.05, 0.1) is 5.75 Å². The minimum atomic E-state index is -3.02. The molecule has 1 rings (SSSR count). The Labute approximate surface area is 94.2 Å². The molecule has 16 heavy (non-hydrogen) atoms. The van der Waals surface area contributed by atoms with Gasteiger partial charge in [0.25, 0.3) is 5.56 Å². The molecule has 7 heteroatoms. The predicted molar refractivity (Wildman–Crippen MR) is 62.4 cm³/mol. The lowest BCUT2D eigenvalue weighted by Gasteiger charge is -2.06. The highest BCUT2D eigenvalue weighted by Crippen LogP contribution is 1.93. The topological polar surface area (TPSA) is 81.1 Å². The lowest BCUT2D eigenvalue weighted by atomic mass is 10.5. The van der Waals surface area contributed by atoms with E-state index in [4.69, 9.17) is 0 Å². The first kappa shape index (κ1) is 12.7. The van der Waals surface area contributed by atoms with Gasteiger partial charge in [0.1, 0.15) is 9.84 Å². The summed E-state index contributed by atoms with van der Waals surface area (Å²) in [4.78, 5) is 15.5. The van der Waals surface area contributed by atoms with Crippen LogP contribution in [0, 0.1) is 0 Å². The zero-order chi connectivity index (χ0) is 12.2.